The summed E-state index contributed by atoms with van der Waals surface area (Å²) in [5.41, 5.74) is 2.76. The van der Waals surface area contributed by atoms with Gasteiger partial charge in [0.1, 0.15) is 0 Å². The molecule has 1 aliphatic heterocycles. The number of amides is 2. The molecule has 2 aromatic rings. The lowest BCUT2D eigenvalue weighted by Gasteiger charge is -2.20. The van der Waals surface area contributed by atoms with Gasteiger partial charge in [-0.1, -0.05) is 6.92 Å². The lowest BCUT2D eigenvalue weighted by Crippen LogP contribution is -2.31. The fraction of sp³-hybridized carbons (Fsp3) is 0.389. The van der Waals surface area contributed by atoms with Crippen molar-refractivity contribution in [3.05, 3.63) is 48.5 Å². The highest BCUT2D eigenvalue weighted by molar-refractivity contribution is 5.89. The van der Waals surface area contributed by atoms with Gasteiger partial charge in [0, 0.05) is 43.9 Å². The number of carbonyl (C=O) groups is 1. The molecule has 3 rings (SSSR count). The number of anilines is 2. The van der Waals surface area contributed by atoms with E-state index in [9.17, 15) is 4.79 Å². The first kappa shape index (κ1) is 16.2. The number of nitrogens with one attached hydrogen (secondary N) is 1. The molecule has 2 amide bonds. The molecule has 0 aliphatic carbocycles. The number of urea groups is 1. The summed E-state index contributed by atoms with van der Waals surface area (Å²) in [6.45, 7) is 4.91. The minimum Gasteiger partial charge on any atom is -0.371 e. The van der Waals surface area contributed by atoms with Crippen molar-refractivity contribution in [2.45, 2.75) is 19.9 Å². The first-order chi connectivity index (χ1) is 11.6. The van der Waals surface area contributed by atoms with Crippen LogP contribution in [0.15, 0.2) is 42.9 Å². The van der Waals surface area contributed by atoms with Gasteiger partial charge in [0.15, 0.2) is 0 Å². The van der Waals surface area contributed by atoms with Crippen LogP contribution in [0.2, 0.25) is 0 Å². The lowest BCUT2D eigenvalue weighted by atomic mass is 10.2. The monoisotopic (exact) mass is 325 g/mol. The number of hydrogen-bond acceptors (Lipinski definition) is 4. The maximum Gasteiger partial charge on any atom is 0.321 e. The predicted molar refractivity (Wildman–Crippen MR) is 95.0 cm³/mol. The Kier molecular flexibility index (Phi) is 4.93. The van der Waals surface area contributed by atoms with E-state index in [1.165, 1.54) is 12.1 Å². The van der Waals surface area contributed by atoms with E-state index in [1.54, 1.807) is 30.5 Å². The second-order valence-corrected chi connectivity index (χ2v) is 6.37. The zero-order valence-electron chi connectivity index (χ0n) is 14.1. The molecule has 6 nitrogen and oxygen atoms in total. The SMILES string of the molecule is C[C@@H]1CCN(c2ccc(NC(=O)N(C)Cc3cnccn3)cc2)C1. The van der Waals surface area contributed by atoms with Gasteiger partial charge in [-0.15, -0.1) is 0 Å². The van der Waals surface area contributed by atoms with Crippen LogP contribution in [-0.2, 0) is 6.54 Å². The Morgan fingerprint density at radius 3 is 2.75 bits per heavy atom. The quantitative estimate of drug-likeness (QED) is 0.939. The molecule has 126 valence electrons. The molecule has 1 fully saturated rings. The highest BCUT2D eigenvalue weighted by atomic mass is 16.2. The molecule has 0 unspecified atom stereocenters. The molecule has 2 heterocycles. The average molecular weight is 325 g/mol. The molecule has 1 aromatic carbocycles. The number of benzene rings is 1. The number of nitrogens with zero attached hydrogens (tertiary/aromatic N) is 4. The summed E-state index contributed by atoms with van der Waals surface area (Å²) in [5.74, 6) is 0.749. The summed E-state index contributed by atoms with van der Waals surface area (Å²) in [6, 6.07) is 7.87. The molecular weight excluding hydrogens is 302 g/mol. The third-order valence-electron chi connectivity index (χ3n) is 4.27. The summed E-state index contributed by atoms with van der Waals surface area (Å²) in [4.78, 5) is 24.4. The maximum atomic E-state index is 12.3. The maximum absolute atomic E-state index is 12.3. The van der Waals surface area contributed by atoms with Crippen LogP contribution in [-0.4, -0.2) is 41.0 Å². The Hall–Kier alpha value is -2.63. The molecule has 1 N–H and O–H groups in total. The van der Waals surface area contributed by atoms with Crippen molar-refractivity contribution in [1.29, 1.82) is 0 Å². The van der Waals surface area contributed by atoms with Crippen molar-refractivity contribution in [2.24, 2.45) is 5.92 Å². The van der Waals surface area contributed by atoms with E-state index < -0.39 is 0 Å². The van der Waals surface area contributed by atoms with E-state index in [4.69, 9.17) is 0 Å². The molecule has 0 bridgehead atoms. The highest BCUT2D eigenvalue weighted by Crippen LogP contribution is 2.24. The van der Waals surface area contributed by atoms with E-state index in [-0.39, 0.29) is 6.03 Å². The van der Waals surface area contributed by atoms with Gasteiger partial charge in [-0.2, -0.15) is 0 Å². The molecule has 0 radical (unpaired) electrons. The first-order valence-corrected chi connectivity index (χ1v) is 8.24. The molecule has 24 heavy (non-hydrogen) atoms. The summed E-state index contributed by atoms with van der Waals surface area (Å²) in [7, 11) is 1.74. The van der Waals surface area contributed by atoms with Crippen molar-refractivity contribution < 1.29 is 4.79 Å². The van der Waals surface area contributed by atoms with Gasteiger partial charge in [-0.25, -0.2) is 4.79 Å². The second-order valence-electron chi connectivity index (χ2n) is 6.37. The van der Waals surface area contributed by atoms with Crippen LogP contribution in [0.25, 0.3) is 0 Å². The number of hydrogen-bond donors (Lipinski definition) is 1. The smallest absolute Gasteiger partial charge is 0.321 e. The topological polar surface area (TPSA) is 61.4 Å². The van der Waals surface area contributed by atoms with Crippen molar-refractivity contribution in [2.75, 3.05) is 30.4 Å². The zero-order chi connectivity index (χ0) is 16.9. The molecule has 1 saturated heterocycles. The third-order valence-corrected chi connectivity index (χ3v) is 4.27. The molecule has 1 aliphatic rings. The molecular formula is C18H23N5O. The molecule has 6 heteroatoms. The van der Waals surface area contributed by atoms with Crippen LogP contribution < -0.4 is 10.2 Å². The van der Waals surface area contributed by atoms with Gasteiger partial charge in [-0.3, -0.25) is 9.97 Å². The number of rotatable bonds is 4. The number of carbonyl (C=O) groups excluding carboxylic acids is 1. The van der Waals surface area contributed by atoms with Crippen LogP contribution in [0.5, 0.6) is 0 Å². The lowest BCUT2D eigenvalue weighted by molar-refractivity contribution is 0.220. The molecule has 1 aromatic heterocycles. The standard InChI is InChI=1S/C18H23N5O/c1-14-7-10-23(12-14)17-5-3-15(4-6-17)21-18(24)22(2)13-16-11-19-8-9-20-16/h3-6,8-9,11,14H,7,10,12-13H2,1-2H3,(H,21,24)/t14-/m1/s1. The normalized spacial score (nSPS) is 16.9. The van der Waals surface area contributed by atoms with Gasteiger partial charge in [0.2, 0.25) is 0 Å². The van der Waals surface area contributed by atoms with Crippen LogP contribution in [0, 0.1) is 5.92 Å². The van der Waals surface area contributed by atoms with E-state index in [2.05, 4.69) is 39.2 Å². The summed E-state index contributed by atoms with van der Waals surface area (Å²) in [6.07, 6.45) is 6.15. The largest absolute Gasteiger partial charge is 0.371 e. The van der Waals surface area contributed by atoms with E-state index in [1.807, 2.05) is 12.1 Å². The first-order valence-electron chi connectivity index (χ1n) is 8.24. The summed E-state index contributed by atoms with van der Waals surface area (Å²) >= 11 is 0. The third kappa shape index (κ3) is 4.01. The average Bonchev–Trinajstić information content (AvgIpc) is 3.03. The molecule has 0 spiro atoms. The van der Waals surface area contributed by atoms with Crippen molar-refractivity contribution >= 4 is 17.4 Å². The summed E-state index contributed by atoms with van der Waals surface area (Å²) in [5, 5.41) is 2.91. The van der Waals surface area contributed by atoms with Gasteiger partial charge >= 0.3 is 6.03 Å². The van der Waals surface area contributed by atoms with E-state index >= 15 is 0 Å². The second kappa shape index (κ2) is 7.29. The Bertz CT molecular complexity index is 674. The molecule has 1 atom stereocenters. The highest BCUT2D eigenvalue weighted by Gasteiger charge is 2.18. The van der Waals surface area contributed by atoms with E-state index in [0.717, 1.165) is 30.4 Å². The fourth-order valence-corrected chi connectivity index (χ4v) is 2.87. The van der Waals surface area contributed by atoms with Gasteiger partial charge < -0.3 is 15.1 Å². The molecule has 0 saturated carbocycles. The Morgan fingerprint density at radius 1 is 1.33 bits per heavy atom. The van der Waals surface area contributed by atoms with Crippen molar-refractivity contribution in [1.82, 2.24) is 14.9 Å². The van der Waals surface area contributed by atoms with Gasteiger partial charge in [-0.05, 0) is 36.6 Å². The van der Waals surface area contributed by atoms with Crippen molar-refractivity contribution in [3.8, 4) is 0 Å². The van der Waals surface area contributed by atoms with Crippen molar-refractivity contribution in [3.63, 3.8) is 0 Å². The Morgan fingerprint density at radius 2 is 2.12 bits per heavy atom. The zero-order valence-corrected chi connectivity index (χ0v) is 14.1. The minimum atomic E-state index is -0.164. The Balaban J connectivity index is 1.56. The Labute approximate surface area is 142 Å². The minimum absolute atomic E-state index is 0.164. The van der Waals surface area contributed by atoms with E-state index in [0.29, 0.717) is 6.54 Å². The fourth-order valence-electron chi connectivity index (χ4n) is 2.87. The van der Waals surface area contributed by atoms with Crippen LogP contribution in [0.3, 0.4) is 0 Å². The van der Waals surface area contributed by atoms with Crippen LogP contribution in [0.1, 0.15) is 19.0 Å². The van der Waals surface area contributed by atoms with Crippen LogP contribution >= 0.6 is 0 Å². The van der Waals surface area contributed by atoms with Crippen LogP contribution in [0.4, 0.5) is 16.2 Å². The summed E-state index contributed by atoms with van der Waals surface area (Å²) < 4.78 is 0. The predicted octanol–water partition coefficient (Wildman–Crippen LogP) is 2.99. The van der Waals surface area contributed by atoms with Gasteiger partial charge in [0.05, 0.1) is 18.4 Å². The van der Waals surface area contributed by atoms with Gasteiger partial charge in [0.25, 0.3) is 0 Å². The number of aromatic nitrogens is 2.